The van der Waals surface area contributed by atoms with Gasteiger partial charge < -0.3 is 19.3 Å². The molecule has 0 saturated carbocycles. The van der Waals surface area contributed by atoms with Crippen LogP contribution in [0.3, 0.4) is 0 Å². The first-order chi connectivity index (χ1) is 12.7. The molecule has 0 N–H and O–H groups in total. The molecule has 0 unspecified atom stereocenters. The molecule has 136 valence electrons. The highest BCUT2D eigenvalue weighted by molar-refractivity contribution is 6.00. The van der Waals surface area contributed by atoms with Crippen LogP contribution in [0, 0.1) is 0 Å². The number of carbonyl (C=O) groups excluding carboxylic acids is 2. The third-order valence-electron chi connectivity index (χ3n) is 4.40. The lowest BCUT2D eigenvalue weighted by atomic mass is 10.1. The minimum atomic E-state index is -0.159. The van der Waals surface area contributed by atoms with E-state index in [9.17, 15) is 9.59 Å². The lowest BCUT2D eigenvalue weighted by Crippen LogP contribution is -2.50. The molecule has 1 saturated heterocycles. The second kappa shape index (κ2) is 7.86. The summed E-state index contributed by atoms with van der Waals surface area (Å²) in [7, 11) is 3.05. The first kappa shape index (κ1) is 17.7. The van der Waals surface area contributed by atoms with Crippen LogP contribution in [0.25, 0.3) is 0 Å². The molecule has 7 heteroatoms. The van der Waals surface area contributed by atoms with Gasteiger partial charge in [-0.05, 0) is 24.3 Å². The average molecular weight is 355 g/mol. The van der Waals surface area contributed by atoms with Gasteiger partial charge >= 0.3 is 0 Å². The molecular formula is C19H21N3O4. The lowest BCUT2D eigenvalue weighted by Gasteiger charge is -2.35. The molecule has 0 atom stereocenters. The zero-order valence-corrected chi connectivity index (χ0v) is 14.8. The van der Waals surface area contributed by atoms with Crippen molar-refractivity contribution in [1.29, 1.82) is 0 Å². The van der Waals surface area contributed by atoms with Gasteiger partial charge in [0.15, 0.2) is 0 Å². The van der Waals surface area contributed by atoms with Crippen LogP contribution in [0.5, 0.6) is 11.5 Å². The number of benzene rings is 1. The summed E-state index contributed by atoms with van der Waals surface area (Å²) in [4.78, 5) is 32.9. The highest BCUT2D eigenvalue weighted by atomic mass is 16.5. The first-order valence-corrected chi connectivity index (χ1v) is 8.35. The van der Waals surface area contributed by atoms with Gasteiger partial charge in [0.1, 0.15) is 17.1 Å². The van der Waals surface area contributed by atoms with Crippen molar-refractivity contribution in [2.24, 2.45) is 0 Å². The molecule has 2 aromatic rings. The van der Waals surface area contributed by atoms with E-state index in [1.54, 1.807) is 52.5 Å². The van der Waals surface area contributed by atoms with Crippen molar-refractivity contribution in [2.75, 3.05) is 40.4 Å². The third-order valence-corrected chi connectivity index (χ3v) is 4.40. The summed E-state index contributed by atoms with van der Waals surface area (Å²) in [5.74, 6) is 0.722. The van der Waals surface area contributed by atoms with E-state index in [1.165, 1.54) is 14.2 Å². The zero-order valence-electron chi connectivity index (χ0n) is 14.8. The minimum Gasteiger partial charge on any atom is -0.496 e. The Morgan fingerprint density at radius 1 is 0.885 bits per heavy atom. The third kappa shape index (κ3) is 3.46. The molecule has 1 aromatic carbocycles. The van der Waals surface area contributed by atoms with Gasteiger partial charge in [0, 0.05) is 38.6 Å². The van der Waals surface area contributed by atoms with Crippen LogP contribution >= 0.6 is 0 Å². The number of pyridine rings is 1. The number of hydrogen-bond acceptors (Lipinski definition) is 5. The maximum Gasteiger partial charge on any atom is 0.261 e. The number of rotatable bonds is 4. The molecular weight excluding hydrogens is 334 g/mol. The molecule has 0 bridgehead atoms. The molecule has 1 aromatic heterocycles. The fourth-order valence-corrected chi connectivity index (χ4v) is 3.00. The van der Waals surface area contributed by atoms with E-state index in [0.29, 0.717) is 48.8 Å². The normalized spacial score (nSPS) is 14.1. The maximum absolute atomic E-state index is 13.0. The van der Waals surface area contributed by atoms with E-state index < -0.39 is 0 Å². The van der Waals surface area contributed by atoms with Crippen LogP contribution in [0.2, 0.25) is 0 Å². The van der Waals surface area contributed by atoms with Crippen molar-refractivity contribution >= 4 is 11.8 Å². The van der Waals surface area contributed by atoms with Gasteiger partial charge in [0.2, 0.25) is 0 Å². The molecule has 2 heterocycles. The van der Waals surface area contributed by atoms with Gasteiger partial charge in [-0.25, -0.2) is 0 Å². The van der Waals surface area contributed by atoms with Gasteiger partial charge in [0.25, 0.3) is 11.8 Å². The molecule has 7 nitrogen and oxygen atoms in total. The van der Waals surface area contributed by atoms with Gasteiger partial charge in [-0.1, -0.05) is 6.07 Å². The van der Waals surface area contributed by atoms with E-state index >= 15 is 0 Å². The highest BCUT2D eigenvalue weighted by Gasteiger charge is 2.28. The largest absolute Gasteiger partial charge is 0.496 e. The van der Waals surface area contributed by atoms with Crippen LogP contribution in [0.15, 0.2) is 42.7 Å². The first-order valence-electron chi connectivity index (χ1n) is 8.35. The van der Waals surface area contributed by atoms with Crippen LogP contribution in [-0.4, -0.2) is 67.0 Å². The lowest BCUT2D eigenvalue weighted by molar-refractivity contribution is 0.0531. The second-order valence-electron chi connectivity index (χ2n) is 5.86. The van der Waals surface area contributed by atoms with Crippen molar-refractivity contribution in [2.45, 2.75) is 0 Å². The molecule has 1 aliphatic heterocycles. The highest BCUT2D eigenvalue weighted by Crippen LogP contribution is 2.29. The van der Waals surface area contributed by atoms with Crippen LogP contribution in [-0.2, 0) is 0 Å². The summed E-state index contributed by atoms with van der Waals surface area (Å²) < 4.78 is 10.6. The Morgan fingerprint density at radius 3 is 1.96 bits per heavy atom. The Labute approximate surface area is 152 Å². The fourth-order valence-electron chi connectivity index (χ4n) is 3.00. The summed E-state index contributed by atoms with van der Waals surface area (Å²) in [6.45, 7) is 1.84. The number of aromatic nitrogens is 1. The maximum atomic E-state index is 13.0. The monoisotopic (exact) mass is 355 g/mol. The molecule has 0 radical (unpaired) electrons. The van der Waals surface area contributed by atoms with E-state index in [1.807, 2.05) is 0 Å². The summed E-state index contributed by atoms with van der Waals surface area (Å²) >= 11 is 0. The van der Waals surface area contributed by atoms with Crippen LogP contribution in [0.4, 0.5) is 0 Å². The number of hydrogen-bond donors (Lipinski definition) is 0. The Bertz CT molecular complexity index is 764. The van der Waals surface area contributed by atoms with Gasteiger partial charge in [-0.15, -0.1) is 0 Å². The number of carbonyl (C=O) groups is 2. The minimum absolute atomic E-state index is 0.0694. The number of nitrogens with zero attached hydrogens (tertiary/aromatic N) is 3. The second-order valence-corrected chi connectivity index (χ2v) is 5.86. The Kier molecular flexibility index (Phi) is 5.36. The van der Waals surface area contributed by atoms with E-state index in [0.717, 1.165) is 0 Å². The summed E-state index contributed by atoms with van der Waals surface area (Å²) in [6.07, 6.45) is 3.19. The number of amides is 2. The summed E-state index contributed by atoms with van der Waals surface area (Å²) in [5, 5.41) is 0. The van der Waals surface area contributed by atoms with Crippen molar-refractivity contribution in [1.82, 2.24) is 14.8 Å². The number of piperazine rings is 1. The molecule has 1 aliphatic rings. The standard InChI is InChI=1S/C19H21N3O4/c1-25-15-6-3-7-16(26-2)17(15)19(24)22-11-9-21(10-12-22)18(23)14-5-4-8-20-13-14/h3-8,13H,9-12H2,1-2H3. The Morgan fingerprint density at radius 2 is 1.46 bits per heavy atom. The van der Waals surface area contributed by atoms with Gasteiger partial charge in [-0.2, -0.15) is 0 Å². The van der Waals surface area contributed by atoms with E-state index in [-0.39, 0.29) is 11.8 Å². The van der Waals surface area contributed by atoms with Crippen molar-refractivity contribution in [3.63, 3.8) is 0 Å². The predicted octanol–water partition coefficient (Wildman–Crippen LogP) is 1.70. The Hall–Kier alpha value is -3.09. The predicted molar refractivity (Wildman–Crippen MR) is 95.6 cm³/mol. The molecule has 0 spiro atoms. The number of ether oxygens (including phenoxy) is 2. The van der Waals surface area contributed by atoms with Gasteiger partial charge in [0.05, 0.1) is 19.8 Å². The van der Waals surface area contributed by atoms with E-state index in [2.05, 4.69) is 4.98 Å². The van der Waals surface area contributed by atoms with Crippen LogP contribution in [0.1, 0.15) is 20.7 Å². The summed E-state index contributed by atoms with van der Waals surface area (Å²) in [6, 6.07) is 8.72. The smallest absolute Gasteiger partial charge is 0.261 e. The molecule has 3 rings (SSSR count). The quantitative estimate of drug-likeness (QED) is 0.835. The van der Waals surface area contributed by atoms with Crippen molar-refractivity contribution in [3.8, 4) is 11.5 Å². The van der Waals surface area contributed by atoms with Gasteiger partial charge in [-0.3, -0.25) is 14.6 Å². The fraction of sp³-hybridized carbons (Fsp3) is 0.316. The van der Waals surface area contributed by atoms with Crippen molar-refractivity contribution < 1.29 is 19.1 Å². The Balaban J connectivity index is 1.71. The van der Waals surface area contributed by atoms with Crippen molar-refractivity contribution in [3.05, 3.63) is 53.9 Å². The number of methoxy groups -OCH3 is 2. The SMILES string of the molecule is COc1cccc(OC)c1C(=O)N1CCN(C(=O)c2cccnc2)CC1. The summed E-state index contributed by atoms with van der Waals surface area (Å²) in [5.41, 5.74) is 0.961. The molecule has 26 heavy (non-hydrogen) atoms. The molecule has 1 fully saturated rings. The molecule has 0 aliphatic carbocycles. The van der Waals surface area contributed by atoms with Crippen LogP contribution < -0.4 is 9.47 Å². The average Bonchev–Trinajstić information content (AvgIpc) is 2.72. The zero-order chi connectivity index (χ0) is 18.5. The van der Waals surface area contributed by atoms with E-state index in [4.69, 9.17) is 9.47 Å². The molecule has 2 amide bonds. The topological polar surface area (TPSA) is 72.0 Å².